The minimum absolute atomic E-state index is 0.116. The normalized spacial score (nSPS) is 12.9. The van der Waals surface area contributed by atoms with Crippen LogP contribution in [0, 0.1) is 0 Å². The van der Waals surface area contributed by atoms with E-state index in [4.69, 9.17) is 14.9 Å². The zero-order valence-electron chi connectivity index (χ0n) is 37.8. The molecule has 0 aromatic rings. The summed E-state index contributed by atoms with van der Waals surface area (Å²) in [6.45, 7) is 3.36. The molecule has 9 heteroatoms. The molecule has 4 N–H and O–H groups in total. The topological polar surface area (TPSA) is 142 Å². The Morgan fingerprint density at radius 2 is 0.949 bits per heavy atom. The lowest BCUT2D eigenvalue weighted by Crippen LogP contribution is -2.47. The van der Waals surface area contributed by atoms with E-state index >= 15 is 0 Å². The van der Waals surface area contributed by atoms with Crippen LogP contribution >= 0.6 is 0 Å². The molecular weight excluding hydrogens is 741 g/mol. The number of carbonyl (C=O) groups excluding carboxylic acids is 3. The smallest absolute Gasteiger partial charge is 0.328 e. The third kappa shape index (κ3) is 41.3. The second-order valence-electron chi connectivity index (χ2n) is 16.2. The molecule has 59 heavy (non-hydrogen) atoms. The Morgan fingerprint density at radius 3 is 1.41 bits per heavy atom. The first-order valence-corrected chi connectivity index (χ1v) is 24.0. The fourth-order valence-electron chi connectivity index (χ4n) is 6.92. The number of esters is 1. The van der Waals surface area contributed by atoms with Gasteiger partial charge in [0.25, 0.3) is 0 Å². The van der Waals surface area contributed by atoms with Gasteiger partial charge < -0.3 is 25.6 Å². The molecule has 0 heterocycles. The van der Waals surface area contributed by atoms with E-state index in [0.29, 0.717) is 12.8 Å². The number of rotatable bonds is 43. The Balaban J connectivity index is 4.28. The molecule has 2 unspecified atom stereocenters. The van der Waals surface area contributed by atoms with Crippen molar-refractivity contribution in [3.8, 4) is 0 Å². The predicted molar refractivity (Wildman–Crippen MR) is 245 cm³/mol. The fraction of sp³-hybridized carbons (Fsp3) is 0.760. The molecule has 0 saturated carbocycles. The molecule has 0 aromatic heterocycles. The quantitative estimate of drug-likeness (QED) is 0.0272. The van der Waals surface area contributed by atoms with Crippen LogP contribution < -0.4 is 10.6 Å². The number of nitrogens with one attached hydrogen (secondary N) is 2. The first-order chi connectivity index (χ1) is 28.8. The molecule has 0 bridgehead atoms. The van der Waals surface area contributed by atoms with E-state index in [1.807, 2.05) is 6.08 Å². The van der Waals surface area contributed by atoms with Crippen molar-refractivity contribution in [1.29, 1.82) is 0 Å². The van der Waals surface area contributed by atoms with Crippen molar-refractivity contribution < 1.29 is 34.1 Å². The number of amides is 2. The first-order valence-electron chi connectivity index (χ1n) is 24.0. The molecule has 0 radical (unpaired) electrons. The summed E-state index contributed by atoms with van der Waals surface area (Å²) in [5, 5.41) is 22.6. The van der Waals surface area contributed by atoms with Crippen LogP contribution in [0.15, 0.2) is 48.6 Å². The van der Waals surface area contributed by atoms with Gasteiger partial charge in [-0.3, -0.25) is 14.4 Å². The lowest BCUT2D eigenvalue weighted by molar-refractivity contribution is -0.147. The van der Waals surface area contributed by atoms with E-state index in [9.17, 15) is 19.2 Å². The van der Waals surface area contributed by atoms with Crippen LogP contribution in [0.5, 0.6) is 0 Å². The molecule has 2 atom stereocenters. The maximum Gasteiger partial charge on any atom is 0.328 e. The summed E-state index contributed by atoms with van der Waals surface area (Å²) in [6.07, 6.45) is 53.1. The van der Waals surface area contributed by atoms with E-state index in [-0.39, 0.29) is 30.9 Å². The number of allylic oxidation sites excluding steroid dienone is 7. The summed E-state index contributed by atoms with van der Waals surface area (Å²) in [7, 11) is 0. The Hall–Kier alpha value is -3.20. The average molecular weight is 829 g/mol. The van der Waals surface area contributed by atoms with E-state index in [2.05, 4.69) is 67.0 Å². The van der Waals surface area contributed by atoms with Gasteiger partial charge in [0.2, 0.25) is 11.8 Å². The maximum absolute atomic E-state index is 12.8. The van der Waals surface area contributed by atoms with Crippen LogP contribution in [0.25, 0.3) is 0 Å². The molecule has 0 aliphatic heterocycles. The Bertz CT molecular complexity index is 1130. The molecule has 0 fully saturated rings. The van der Waals surface area contributed by atoms with E-state index in [0.717, 1.165) is 70.6 Å². The zero-order valence-corrected chi connectivity index (χ0v) is 37.8. The van der Waals surface area contributed by atoms with Gasteiger partial charge in [-0.15, -0.1) is 0 Å². The van der Waals surface area contributed by atoms with Crippen molar-refractivity contribution in [1.82, 2.24) is 10.6 Å². The van der Waals surface area contributed by atoms with Crippen LogP contribution in [-0.4, -0.2) is 59.3 Å². The van der Waals surface area contributed by atoms with Crippen molar-refractivity contribution in [3.63, 3.8) is 0 Å². The SMILES string of the molecule is CC/C=C\C/C=C\C/C=C\C/C=C\C(CCCCCCCC(=O)NCC(=O)NC(CO)C(=O)O)OC(=O)CCCCCCCCCCCCCCCCCCCCCC. The molecule has 0 rings (SSSR count). The van der Waals surface area contributed by atoms with Crippen LogP contribution in [0.1, 0.15) is 219 Å². The molecule has 0 aromatic carbocycles. The van der Waals surface area contributed by atoms with Crippen molar-refractivity contribution in [3.05, 3.63) is 48.6 Å². The van der Waals surface area contributed by atoms with Gasteiger partial charge in [0.1, 0.15) is 12.1 Å². The van der Waals surface area contributed by atoms with Crippen molar-refractivity contribution in [2.75, 3.05) is 13.2 Å². The summed E-state index contributed by atoms with van der Waals surface area (Å²) in [5.74, 6) is -2.39. The molecule has 9 nitrogen and oxygen atoms in total. The number of carbonyl (C=O) groups is 4. The van der Waals surface area contributed by atoms with Crippen LogP contribution in [-0.2, 0) is 23.9 Å². The Morgan fingerprint density at radius 1 is 0.525 bits per heavy atom. The maximum atomic E-state index is 12.8. The van der Waals surface area contributed by atoms with Gasteiger partial charge in [-0.25, -0.2) is 4.79 Å². The predicted octanol–water partition coefficient (Wildman–Crippen LogP) is 12.3. The number of hydrogen-bond donors (Lipinski definition) is 4. The first kappa shape index (κ1) is 55.8. The van der Waals surface area contributed by atoms with Crippen LogP contribution in [0.3, 0.4) is 0 Å². The summed E-state index contributed by atoms with van der Waals surface area (Å²) >= 11 is 0. The highest BCUT2D eigenvalue weighted by molar-refractivity contribution is 5.87. The third-order valence-corrected chi connectivity index (χ3v) is 10.6. The molecule has 0 saturated heterocycles. The number of hydrogen-bond acceptors (Lipinski definition) is 6. The second kappa shape index (κ2) is 44.4. The van der Waals surface area contributed by atoms with E-state index < -0.39 is 24.5 Å². The summed E-state index contributed by atoms with van der Waals surface area (Å²) in [4.78, 5) is 47.6. The van der Waals surface area contributed by atoms with Gasteiger partial charge in [0, 0.05) is 12.8 Å². The number of aliphatic carboxylic acids is 1. The number of aliphatic hydroxyl groups is 1. The number of ether oxygens (including phenoxy) is 1. The van der Waals surface area contributed by atoms with Crippen molar-refractivity contribution in [2.24, 2.45) is 0 Å². The monoisotopic (exact) mass is 829 g/mol. The Labute approximate surface area is 360 Å². The highest BCUT2D eigenvalue weighted by atomic mass is 16.5. The molecular formula is C50H88N2O7. The van der Waals surface area contributed by atoms with Gasteiger partial charge in [0.15, 0.2) is 0 Å². The summed E-state index contributed by atoms with van der Waals surface area (Å²) in [6, 6.07) is -1.39. The molecule has 0 aliphatic rings. The molecule has 0 aliphatic carbocycles. The fourth-order valence-corrected chi connectivity index (χ4v) is 6.92. The lowest BCUT2D eigenvalue weighted by atomic mass is 10.0. The zero-order chi connectivity index (χ0) is 43.3. The minimum atomic E-state index is -1.39. The molecule has 0 spiro atoms. The molecule has 340 valence electrons. The Kier molecular flexibility index (Phi) is 41.9. The standard InChI is InChI=1S/C50H88N2O7/c1-3-5-7-9-11-13-15-16-17-18-19-20-21-22-23-25-27-29-34-38-42-49(56)59-45(39-35-31-28-26-24-14-12-10-8-6-4-2)40-36-32-30-33-37-41-47(54)51-43-48(55)52-46(44-53)50(57)58/h6,8,12,14,26,28,35,39,45-46,53H,3-5,7,9-11,13,15-25,27,29-34,36-38,40-44H2,1-2H3,(H,51,54)(H,52,55)(H,57,58)/b8-6-,14-12-,28-26-,39-35-. The lowest BCUT2D eigenvalue weighted by Gasteiger charge is -2.15. The van der Waals surface area contributed by atoms with Gasteiger partial charge in [-0.1, -0.05) is 198 Å². The number of carboxylic acids is 1. The van der Waals surface area contributed by atoms with Gasteiger partial charge in [0.05, 0.1) is 13.2 Å². The van der Waals surface area contributed by atoms with Crippen LogP contribution in [0.2, 0.25) is 0 Å². The van der Waals surface area contributed by atoms with E-state index in [1.54, 1.807) is 0 Å². The molecule has 2 amide bonds. The van der Waals surface area contributed by atoms with Gasteiger partial charge in [-0.05, 0) is 57.4 Å². The second-order valence-corrected chi connectivity index (χ2v) is 16.2. The van der Waals surface area contributed by atoms with Gasteiger partial charge in [-0.2, -0.15) is 0 Å². The highest BCUT2D eigenvalue weighted by Crippen LogP contribution is 2.17. The largest absolute Gasteiger partial charge is 0.480 e. The average Bonchev–Trinajstić information content (AvgIpc) is 3.22. The number of aliphatic hydroxyl groups excluding tert-OH is 1. The van der Waals surface area contributed by atoms with E-state index in [1.165, 1.54) is 116 Å². The van der Waals surface area contributed by atoms with Crippen molar-refractivity contribution >= 4 is 23.8 Å². The summed E-state index contributed by atoms with van der Waals surface area (Å²) < 4.78 is 5.93. The highest BCUT2D eigenvalue weighted by Gasteiger charge is 2.18. The third-order valence-electron chi connectivity index (χ3n) is 10.6. The summed E-state index contributed by atoms with van der Waals surface area (Å²) in [5.41, 5.74) is 0. The number of unbranched alkanes of at least 4 members (excludes halogenated alkanes) is 23. The van der Waals surface area contributed by atoms with Crippen molar-refractivity contribution in [2.45, 2.75) is 231 Å². The van der Waals surface area contributed by atoms with Crippen LogP contribution in [0.4, 0.5) is 0 Å². The van der Waals surface area contributed by atoms with Gasteiger partial charge >= 0.3 is 11.9 Å². The minimum Gasteiger partial charge on any atom is -0.480 e. The number of carboxylic acid groups (broad SMARTS) is 1.